The van der Waals surface area contributed by atoms with Crippen molar-refractivity contribution in [2.24, 2.45) is 0 Å². The number of hydrogen-bond donors (Lipinski definition) is 4. The normalized spacial score (nSPS) is 14.3. The highest BCUT2D eigenvalue weighted by Crippen LogP contribution is 2.32. The summed E-state index contributed by atoms with van der Waals surface area (Å²) in [5.74, 6) is 0.807. The molecule has 2 fully saturated rings. The highest BCUT2D eigenvalue weighted by molar-refractivity contribution is 7.15. The van der Waals surface area contributed by atoms with Crippen molar-refractivity contribution in [2.75, 3.05) is 133 Å². The van der Waals surface area contributed by atoms with Gasteiger partial charge in [-0.3, -0.25) is 34.0 Å². The van der Waals surface area contributed by atoms with Crippen molar-refractivity contribution in [3.8, 4) is 0 Å². The smallest absolute Gasteiger partial charge is 0.263 e. The predicted molar refractivity (Wildman–Crippen MR) is 283 cm³/mol. The molecule has 5 heterocycles. The molecule has 0 bridgehead atoms. The Balaban J connectivity index is 0.657. The first-order valence-corrected chi connectivity index (χ1v) is 26.2. The molecule has 2 aliphatic rings. The van der Waals surface area contributed by atoms with E-state index in [1.54, 1.807) is 17.7 Å². The third-order valence-corrected chi connectivity index (χ3v) is 14.0. The summed E-state index contributed by atoms with van der Waals surface area (Å²) in [7, 11) is 0. The molecule has 5 aromatic rings. The number of thiazole rings is 1. The maximum Gasteiger partial charge on any atom is 0.263 e. The van der Waals surface area contributed by atoms with E-state index < -0.39 is 0 Å². The number of piperazine rings is 1. The van der Waals surface area contributed by atoms with Gasteiger partial charge >= 0.3 is 0 Å². The van der Waals surface area contributed by atoms with Gasteiger partial charge in [0.25, 0.3) is 11.5 Å². The van der Waals surface area contributed by atoms with Crippen molar-refractivity contribution in [2.45, 2.75) is 72.3 Å². The van der Waals surface area contributed by atoms with Crippen molar-refractivity contribution in [3.63, 3.8) is 0 Å². The Morgan fingerprint density at radius 2 is 1.44 bits per heavy atom. The van der Waals surface area contributed by atoms with Crippen LogP contribution in [0.4, 0.5) is 28.3 Å². The maximum absolute atomic E-state index is 13.6. The minimum Gasteiger partial charge on any atom is -0.383 e. The van der Waals surface area contributed by atoms with E-state index in [4.69, 9.17) is 28.7 Å². The van der Waals surface area contributed by atoms with Gasteiger partial charge in [0.1, 0.15) is 11.5 Å². The van der Waals surface area contributed by atoms with Crippen LogP contribution in [0.25, 0.3) is 11.0 Å². The van der Waals surface area contributed by atoms with E-state index in [2.05, 4.69) is 59.9 Å². The summed E-state index contributed by atoms with van der Waals surface area (Å²) in [5, 5.41) is 13.7. The van der Waals surface area contributed by atoms with Crippen LogP contribution >= 0.6 is 11.3 Å². The fourth-order valence-corrected chi connectivity index (χ4v) is 9.62. The summed E-state index contributed by atoms with van der Waals surface area (Å²) in [6.07, 6.45) is 9.11. The van der Waals surface area contributed by atoms with Gasteiger partial charge in [0.2, 0.25) is 11.9 Å². The number of anilines is 5. The molecule has 1 aliphatic heterocycles. The molecule has 20 nitrogen and oxygen atoms in total. The van der Waals surface area contributed by atoms with Gasteiger partial charge in [-0.2, -0.15) is 4.98 Å². The van der Waals surface area contributed by atoms with Gasteiger partial charge in [0, 0.05) is 79.2 Å². The molecule has 1 aliphatic carbocycles. The number of benzene rings is 1. The summed E-state index contributed by atoms with van der Waals surface area (Å²) in [6, 6.07) is 9.53. The number of pyridine rings is 2. The van der Waals surface area contributed by atoms with Crippen LogP contribution in [-0.2, 0) is 28.5 Å². The van der Waals surface area contributed by atoms with E-state index in [-0.39, 0.29) is 34.8 Å². The molecule has 394 valence electrons. The van der Waals surface area contributed by atoms with E-state index in [0.29, 0.717) is 131 Å². The van der Waals surface area contributed by atoms with Crippen molar-refractivity contribution in [1.29, 1.82) is 0 Å². The number of aromatic nitrogens is 5. The molecular weight excluding hydrogens is 955 g/mol. The third kappa shape index (κ3) is 16.0. The topological polar surface area (TPSA) is 226 Å². The van der Waals surface area contributed by atoms with E-state index in [1.165, 1.54) is 18.3 Å². The maximum atomic E-state index is 13.6. The lowest BCUT2D eigenvalue weighted by Crippen LogP contribution is -2.49. The summed E-state index contributed by atoms with van der Waals surface area (Å²) in [4.78, 5) is 75.2. The SMILES string of the molecule is CC(=O)c1c(C)c2cnc(Nc3ccc(N4CCN(CC(=O)NCCOCCOCCOCCOCCOCCNc5ccc(C(=O)Nc6ncc(C(C)C)s6)c(C)c5)CC4)cn3)nc2n(C2CCCC2)c1=O. The standard InChI is InChI=1S/C52H71N11O9S/c1-35(2)44-33-57-52(73-44)60-49(66)42-12-10-39(30-36(42)3)53-14-20-68-22-24-70-26-28-72-29-27-71-25-23-69-21-15-54-46(65)34-61-16-18-62(19-17-61)41-11-13-45(55-31-41)58-51-56-32-43-37(4)47(38(5)64)50(67)63(48(43)59-51)40-8-6-7-9-40/h10-13,30-33,35,40,53H,6-9,14-29,34H2,1-5H3,(H,54,65)(H,57,60,66)(H,55,56,58,59). The summed E-state index contributed by atoms with van der Waals surface area (Å²) >= 11 is 1.50. The quantitative estimate of drug-likeness (QED) is 0.0312. The highest BCUT2D eigenvalue weighted by Gasteiger charge is 2.26. The Morgan fingerprint density at radius 3 is 2.04 bits per heavy atom. The Bertz CT molecular complexity index is 2650. The van der Waals surface area contributed by atoms with Crippen molar-refractivity contribution in [1.82, 2.24) is 34.7 Å². The lowest BCUT2D eigenvalue weighted by molar-refractivity contribution is -0.122. The molecule has 1 saturated carbocycles. The molecule has 0 radical (unpaired) electrons. The van der Waals surface area contributed by atoms with Gasteiger partial charge in [-0.25, -0.2) is 15.0 Å². The van der Waals surface area contributed by atoms with Crippen LogP contribution in [0, 0.1) is 13.8 Å². The fraction of sp³-hybridized carbons (Fsp3) is 0.538. The number of hydrogen-bond acceptors (Lipinski definition) is 18. The largest absolute Gasteiger partial charge is 0.383 e. The average Bonchev–Trinajstić information content (AvgIpc) is 4.09. The summed E-state index contributed by atoms with van der Waals surface area (Å²) in [5.41, 5.74) is 4.44. The third-order valence-electron chi connectivity index (χ3n) is 12.8. The van der Waals surface area contributed by atoms with Gasteiger partial charge in [0.05, 0.1) is 90.1 Å². The molecule has 0 unspecified atom stereocenters. The van der Waals surface area contributed by atoms with Crippen LogP contribution in [0.2, 0.25) is 0 Å². The van der Waals surface area contributed by atoms with E-state index in [9.17, 15) is 19.2 Å². The summed E-state index contributed by atoms with van der Waals surface area (Å²) in [6.45, 7) is 18.2. The van der Waals surface area contributed by atoms with E-state index >= 15 is 0 Å². The molecule has 0 atom stereocenters. The number of ketones is 1. The zero-order valence-electron chi connectivity index (χ0n) is 42.8. The fourth-order valence-electron chi connectivity index (χ4n) is 8.81. The van der Waals surface area contributed by atoms with Gasteiger partial charge in [0.15, 0.2) is 10.9 Å². The predicted octanol–water partition coefficient (Wildman–Crippen LogP) is 6.13. The second-order valence-corrected chi connectivity index (χ2v) is 19.5. The lowest BCUT2D eigenvalue weighted by atomic mass is 10.0. The van der Waals surface area contributed by atoms with Gasteiger partial charge < -0.3 is 44.5 Å². The minimum atomic E-state index is -0.283. The summed E-state index contributed by atoms with van der Waals surface area (Å²) < 4.78 is 29.7. The molecule has 4 aromatic heterocycles. The van der Waals surface area contributed by atoms with Crippen LogP contribution in [0.15, 0.2) is 53.7 Å². The second kappa shape index (κ2) is 27.9. The molecule has 21 heteroatoms. The van der Waals surface area contributed by atoms with Crippen LogP contribution in [-0.4, -0.2) is 159 Å². The Kier molecular flexibility index (Phi) is 21.0. The first kappa shape index (κ1) is 54.8. The second-order valence-electron chi connectivity index (χ2n) is 18.4. The molecule has 2 amide bonds. The number of carbonyl (C=O) groups is 3. The first-order chi connectivity index (χ1) is 35.4. The molecule has 4 N–H and O–H groups in total. The number of Topliss-reactive ketones (excluding diaryl/α,β-unsaturated/α-hetero) is 1. The van der Waals surface area contributed by atoms with Gasteiger partial charge in [-0.1, -0.05) is 26.7 Å². The van der Waals surface area contributed by atoms with Crippen LogP contribution in [0.3, 0.4) is 0 Å². The van der Waals surface area contributed by atoms with Crippen LogP contribution < -0.4 is 31.7 Å². The Labute approximate surface area is 430 Å². The number of ether oxygens (including phenoxy) is 5. The number of aryl methyl sites for hydroxylation is 2. The van der Waals surface area contributed by atoms with E-state index in [1.807, 2.05) is 49.6 Å². The van der Waals surface area contributed by atoms with Crippen molar-refractivity contribution < 1.29 is 38.1 Å². The van der Waals surface area contributed by atoms with Crippen molar-refractivity contribution in [3.05, 3.63) is 86.4 Å². The number of carbonyl (C=O) groups excluding carboxylic acids is 3. The number of nitrogens with one attached hydrogen (secondary N) is 4. The number of rotatable bonds is 29. The lowest BCUT2D eigenvalue weighted by Gasteiger charge is -2.35. The molecule has 1 saturated heterocycles. The van der Waals surface area contributed by atoms with Gasteiger partial charge in [-0.15, -0.1) is 11.3 Å². The zero-order valence-corrected chi connectivity index (χ0v) is 43.7. The highest BCUT2D eigenvalue weighted by atomic mass is 32.1. The number of amides is 2. The minimum absolute atomic E-state index is 0.000609. The molecule has 0 spiro atoms. The molecule has 73 heavy (non-hydrogen) atoms. The monoisotopic (exact) mass is 1030 g/mol. The molecule has 7 rings (SSSR count). The van der Waals surface area contributed by atoms with Gasteiger partial charge in [-0.05, 0) is 81.0 Å². The number of fused-ring (bicyclic) bond motifs is 1. The van der Waals surface area contributed by atoms with Crippen LogP contribution in [0.1, 0.15) is 95.1 Å². The molecule has 1 aromatic carbocycles. The Morgan fingerprint density at radius 1 is 0.781 bits per heavy atom. The zero-order chi connectivity index (χ0) is 51.5. The average molecular weight is 1030 g/mol. The Hall–Kier alpha value is -5.94. The van der Waals surface area contributed by atoms with Crippen LogP contribution in [0.5, 0.6) is 0 Å². The van der Waals surface area contributed by atoms with Crippen molar-refractivity contribution >= 4 is 68.2 Å². The number of nitrogens with zero attached hydrogens (tertiary/aromatic N) is 7. The molecular formula is C52H71N11O9S. The van der Waals surface area contributed by atoms with E-state index in [0.717, 1.165) is 73.7 Å². The first-order valence-electron chi connectivity index (χ1n) is 25.3.